The molecule has 3 heteroatoms. The van der Waals surface area contributed by atoms with Crippen LogP contribution in [0.2, 0.25) is 32.3 Å². The van der Waals surface area contributed by atoms with E-state index in [9.17, 15) is 0 Å². The van der Waals surface area contributed by atoms with Gasteiger partial charge >= 0.3 is 195 Å². The molecule has 10 aliphatic rings. The van der Waals surface area contributed by atoms with Crippen LogP contribution >= 0.6 is 0 Å². The third-order valence-electron chi connectivity index (χ3n) is 20.6. The Balaban J connectivity index is 1.37. The van der Waals surface area contributed by atoms with Crippen LogP contribution in [-0.2, 0) is 19.4 Å². The van der Waals surface area contributed by atoms with Crippen molar-refractivity contribution in [2.45, 2.75) is 45.3 Å². The molecule has 0 aromatic heterocycles. The number of hydrogen-bond acceptors (Lipinski definition) is 1. The zero-order chi connectivity index (χ0) is 22.3. The van der Waals surface area contributed by atoms with E-state index in [1.54, 1.807) is 5.56 Å². The van der Waals surface area contributed by atoms with Crippen LogP contribution in [-0.4, -0.2) is 35.8 Å². The summed E-state index contributed by atoms with van der Waals surface area (Å²) < 4.78 is 3.04. The van der Waals surface area contributed by atoms with E-state index in [-0.39, 0.29) is 0 Å². The first-order valence-electron chi connectivity index (χ1n) is 13.4. The molecule has 0 aliphatic carbocycles. The van der Waals surface area contributed by atoms with E-state index < -0.39 is 6.51 Å². The Labute approximate surface area is 194 Å². The summed E-state index contributed by atoms with van der Waals surface area (Å²) in [4.78, 5) is 8.57. The van der Waals surface area contributed by atoms with Gasteiger partial charge in [0.1, 0.15) is 0 Å². The van der Waals surface area contributed by atoms with E-state index in [1.165, 1.54) is 40.9 Å². The SMILES string of the molecule is CN(C)C[C]12[C]3([SiH3])[C]4(c5ccccc5)[C]5(c6ccccc6)[C]1(c1ccccc1)[Fe]32451678[CH]2[CH]1[CH]6[CH]7[CH]28. The van der Waals surface area contributed by atoms with Crippen molar-refractivity contribution >= 4 is 10.2 Å². The van der Waals surface area contributed by atoms with E-state index in [0.29, 0.717) is 17.3 Å². The molecule has 5 atom stereocenters. The second-order valence-corrected chi connectivity index (χ2v) is 40.8. The summed E-state index contributed by atoms with van der Waals surface area (Å²) in [7, 11) is 6.23. The zero-order valence-electron chi connectivity index (χ0n) is 20.1. The summed E-state index contributed by atoms with van der Waals surface area (Å²) in [5.74, 6) is 0. The van der Waals surface area contributed by atoms with E-state index >= 15 is 0 Å². The Kier molecular flexibility index (Phi) is 1.01. The van der Waals surface area contributed by atoms with E-state index in [4.69, 9.17) is 0 Å². The third-order valence-corrected chi connectivity index (χ3v) is 76.2. The first-order valence-corrected chi connectivity index (χ1v) is 20.3. The molecule has 1 spiro atoms. The molecule has 0 radical (unpaired) electrons. The van der Waals surface area contributed by atoms with E-state index in [2.05, 4.69) is 110 Å². The minimum absolute atomic E-state index is 0.505. The topological polar surface area (TPSA) is 3.24 Å². The van der Waals surface area contributed by atoms with Gasteiger partial charge in [0.05, 0.1) is 0 Å². The Bertz CT molecular complexity index is 1970. The summed E-state index contributed by atoms with van der Waals surface area (Å²) in [5.41, 5.74) is 5.43. The van der Waals surface area contributed by atoms with Crippen molar-refractivity contribution in [1.82, 2.24) is 4.90 Å². The fourth-order valence-electron chi connectivity index (χ4n) is 24.7. The van der Waals surface area contributed by atoms with E-state index in [0.717, 1.165) is 3.94 Å². The van der Waals surface area contributed by atoms with Gasteiger partial charge in [-0.1, -0.05) is 0 Å². The van der Waals surface area contributed by atoms with Crippen LogP contribution in [0.15, 0.2) is 91.0 Å². The summed E-state index contributed by atoms with van der Waals surface area (Å²) in [6, 6.07) is 36.8. The van der Waals surface area contributed by atoms with Gasteiger partial charge in [0.15, 0.2) is 0 Å². The van der Waals surface area contributed by atoms with Crippen molar-refractivity contribution in [1.29, 1.82) is 0 Å². The fraction of sp³-hybridized carbons (Fsp3) is 0.419. The number of benzene rings is 3. The first kappa shape index (κ1) is 16.2. The quantitative estimate of drug-likeness (QED) is 0.428. The minimum atomic E-state index is -4.32. The molecule has 0 bridgehead atoms. The van der Waals surface area contributed by atoms with Crippen molar-refractivity contribution in [3.63, 3.8) is 0 Å². The molecule has 0 amide bonds. The predicted octanol–water partition coefficient (Wildman–Crippen LogP) is 5.32. The van der Waals surface area contributed by atoms with E-state index in [1.807, 2.05) is 11.1 Å². The van der Waals surface area contributed by atoms with Gasteiger partial charge in [-0.15, -0.1) is 0 Å². The van der Waals surface area contributed by atoms with Gasteiger partial charge < -0.3 is 0 Å². The molecular formula is C31H31FeNSi. The Hall–Kier alpha value is -1.64. The molecule has 0 saturated carbocycles. The maximum absolute atomic E-state index is 4.32. The van der Waals surface area contributed by atoms with Crippen molar-refractivity contribution < 1.29 is 6.51 Å². The van der Waals surface area contributed by atoms with Crippen molar-refractivity contribution in [2.75, 3.05) is 20.6 Å². The van der Waals surface area contributed by atoms with Gasteiger partial charge in [-0.05, 0) is 0 Å². The van der Waals surface area contributed by atoms with Crippen LogP contribution in [0.25, 0.3) is 0 Å². The van der Waals surface area contributed by atoms with Crippen LogP contribution in [0.3, 0.4) is 0 Å². The molecule has 10 aliphatic heterocycles. The number of rotatable bonds is 5. The van der Waals surface area contributed by atoms with Gasteiger partial charge in [-0.3, -0.25) is 0 Å². The second-order valence-electron chi connectivity index (χ2n) is 15.8. The van der Waals surface area contributed by atoms with Gasteiger partial charge in [0.2, 0.25) is 0 Å². The van der Waals surface area contributed by atoms with Crippen LogP contribution in [0.5, 0.6) is 0 Å². The van der Waals surface area contributed by atoms with Crippen LogP contribution < -0.4 is 0 Å². The second kappa shape index (κ2) is 2.13. The molecule has 3 aromatic rings. The van der Waals surface area contributed by atoms with Crippen molar-refractivity contribution in [2.24, 2.45) is 0 Å². The van der Waals surface area contributed by atoms with Crippen molar-refractivity contribution in [3.8, 4) is 0 Å². The van der Waals surface area contributed by atoms with Gasteiger partial charge in [-0.2, -0.15) is 0 Å². The average Bonchev–Trinajstić information content (AvgIpc) is 3.82. The zero-order valence-corrected chi connectivity index (χ0v) is 23.2. The standard InChI is InChI=1S/C26H26NSi.C5H5.Fe/c1-27(2)18-22-23(19-12-6-3-7-13-19)24(20-14-8-4-9-15-20)25(26(22)28)21-16-10-5-11-17-21;1-2-4-5-3-1;/h3-17H,18H2,1-2,28H3;1-5H;. The summed E-state index contributed by atoms with van der Waals surface area (Å²) in [6.45, 7) is -2.94. The molecule has 0 N–H and O–H groups in total. The normalized spacial score (nSPS) is 74.3. The molecule has 34 heavy (non-hydrogen) atoms. The van der Waals surface area contributed by atoms with Gasteiger partial charge in [0.25, 0.3) is 0 Å². The molecule has 10 fully saturated rings. The fourth-order valence-corrected chi connectivity index (χ4v) is 126. The molecule has 5 unspecified atom stereocenters. The number of nitrogens with zero attached hydrogens (tertiary/aromatic N) is 1. The molecule has 10 heterocycles. The summed E-state index contributed by atoms with van der Waals surface area (Å²) >= 11 is 0. The molecule has 1 nitrogen and oxygen atoms in total. The molecule has 3 aromatic carbocycles. The molecule has 172 valence electrons. The van der Waals surface area contributed by atoms with Crippen LogP contribution in [0.1, 0.15) is 16.7 Å². The van der Waals surface area contributed by atoms with Crippen LogP contribution in [0.4, 0.5) is 0 Å². The molecule has 10 saturated heterocycles. The monoisotopic (exact) mass is 501 g/mol. The Morgan fingerprint density at radius 3 is 1.38 bits per heavy atom. The molecular weight excluding hydrogens is 470 g/mol. The summed E-state index contributed by atoms with van der Waals surface area (Å²) in [6.07, 6.45) is 0. The van der Waals surface area contributed by atoms with Gasteiger partial charge in [0, 0.05) is 0 Å². The number of hydrogen-bond donors (Lipinski definition) is 0. The summed E-state index contributed by atoms with van der Waals surface area (Å²) in [5, 5.41) is 0. The Morgan fingerprint density at radius 1 is 0.618 bits per heavy atom. The Morgan fingerprint density at radius 2 is 1.00 bits per heavy atom. The van der Waals surface area contributed by atoms with Crippen LogP contribution in [0, 0.1) is 0 Å². The van der Waals surface area contributed by atoms with Crippen molar-refractivity contribution in [3.05, 3.63) is 108 Å². The number of fused-ring (bicyclic) bond motifs is 10. The maximum atomic E-state index is 2.66. The molecule has 13 rings (SSSR count). The predicted molar refractivity (Wildman–Crippen MR) is 137 cm³/mol. The average molecular weight is 502 g/mol. The first-order chi connectivity index (χ1) is 16.4. The third kappa shape index (κ3) is 0.263. The van der Waals surface area contributed by atoms with Gasteiger partial charge in [-0.25, -0.2) is 0 Å².